The molecule has 4 saturated heterocycles. The molecule has 0 amide bonds. The average molecular weight is 1150 g/mol. The summed E-state index contributed by atoms with van der Waals surface area (Å²) in [7, 11) is -15.8. The Kier molecular flexibility index (Phi) is 16.1. The van der Waals surface area contributed by atoms with Crippen LogP contribution in [0.3, 0.4) is 0 Å². The lowest BCUT2D eigenvalue weighted by molar-refractivity contribution is -0.0633. The summed E-state index contributed by atoms with van der Waals surface area (Å²) in [6.07, 6.45) is -12.9. The number of nitrogens with one attached hydrogen (secondary N) is 2. The Morgan fingerprint density at radius 3 is 1.60 bits per heavy atom. The number of hydrogen-bond acceptors (Lipinski definition) is 27. The van der Waals surface area contributed by atoms with Crippen molar-refractivity contribution in [2.75, 3.05) is 43.6 Å². The molecule has 77 heavy (non-hydrogen) atoms. The van der Waals surface area contributed by atoms with E-state index in [9.17, 15) is 62.6 Å². The van der Waals surface area contributed by atoms with E-state index in [1.807, 2.05) is 0 Å². The number of aromatic nitrogens is 10. The number of anilines is 3. The Morgan fingerprint density at radius 2 is 1.09 bits per heavy atom. The summed E-state index contributed by atoms with van der Waals surface area (Å²) in [6.45, 7) is -1.98. The predicted molar refractivity (Wildman–Crippen MR) is 254 cm³/mol. The number of nitrogen functional groups attached to an aromatic ring is 3. The molecule has 36 nitrogen and oxygen atoms in total. The van der Waals surface area contributed by atoms with Crippen LogP contribution in [-0.2, 0) is 59.8 Å². The van der Waals surface area contributed by atoms with Crippen LogP contribution in [-0.4, -0.2) is 148 Å². The van der Waals surface area contributed by atoms with E-state index in [4.69, 9.17) is 63.3 Å². The first-order chi connectivity index (χ1) is 36.3. The number of aliphatic hydroxyl groups is 2. The highest BCUT2D eigenvalue weighted by Gasteiger charge is 2.48. The van der Waals surface area contributed by atoms with Crippen LogP contribution in [0.15, 0.2) is 61.0 Å². The second-order valence-corrected chi connectivity index (χ2v) is 22.0. The van der Waals surface area contributed by atoms with Crippen LogP contribution in [0.5, 0.6) is 0 Å². The minimum atomic E-state index is -5.38. The summed E-state index contributed by atoms with van der Waals surface area (Å²) < 4.78 is 101. The van der Waals surface area contributed by atoms with Gasteiger partial charge in [0.15, 0.2) is 11.2 Å². The first-order valence-electron chi connectivity index (χ1n) is 23.0. The van der Waals surface area contributed by atoms with Gasteiger partial charge >= 0.3 is 40.5 Å². The number of phosphoric acid groups is 3. The standard InChI is InChI=1S/C38H50N13O23P3/c1-16-10-50(38(58)47-33(16)54)27-6-17(53)22(69-27)12-65-75(59,60)74-20-9-30(51-15-42-31-32(51)45-35(41)46-34(31)55)71-24(20)14-67-77(63,64)73-19-8-29(49-5-3-26(40)44-37(49)57)70-23(19)13-66-76(61,62)72-18-7-28(68-21(18)11-52)48-4-2-25(39)43-36(48)56/h2-5,10,15,17-24,27-30,52-53H,6-9,11-14H2,1H3,(H,59,60)(H,61,62)(H,63,64)(H2,39,43,56)(H2,40,44,57)(H,47,54,58)(H3,41,45,46,55)/t17-,18-,19-,20-,21+,22+,23+,24+,27+,28+,29+,30+/m0/s1. The lowest BCUT2D eigenvalue weighted by atomic mass is 10.2. The summed E-state index contributed by atoms with van der Waals surface area (Å²) in [6, 6.07) is 2.54. The number of rotatable bonds is 20. The van der Waals surface area contributed by atoms with Gasteiger partial charge in [-0.1, -0.05) is 0 Å². The zero-order valence-electron chi connectivity index (χ0n) is 39.8. The fraction of sp³-hybridized carbons (Fsp3) is 0.553. The fourth-order valence-electron chi connectivity index (χ4n) is 8.80. The van der Waals surface area contributed by atoms with Gasteiger partial charge in [-0.05, 0) is 19.1 Å². The molecule has 0 aliphatic carbocycles. The Labute approximate surface area is 429 Å². The highest BCUT2D eigenvalue weighted by molar-refractivity contribution is 7.48. The monoisotopic (exact) mass is 1150 g/mol. The van der Waals surface area contributed by atoms with Gasteiger partial charge in [0.1, 0.15) is 79.3 Å². The van der Waals surface area contributed by atoms with Crippen LogP contribution in [0.2, 0.25) is 0 Å². The van der Waals surface area contributed by atoms with Gasteiger partial charge in [-0.25, -0.2) is 33.1 Å². The van der Waals surface area contributed by atoms with Gasteiger partial charge in [0.25, 0.3) is 11.1 Å². The van der Waals surface area contributed by atoms with E-state index in [1.165, 1.54) is 42.2 Å². The number of phosphoric ester groups is 3. The Hall–Kier alpha value is -5.72. The van der Waals surface area contributed by atoms with Gasteiger partial charge in [-0.3, -0.25) is 65.0 Å². The molecule has 0 saturated carbocycles. The van der Waals surface area contributed by atoms with Gasteiger partial charge in [0, 0.05) is 49.8 Å². The molecule has 0 aromatic carbocycles. The summed E-state index contributed by atoms with van der Waals surface area (Å²) in [5.41, 5.74) is 12.9. The van der Waals surface area contributed by atoms with Crippen molar-refractivity contribution in [2.45, 2.75) is 106 Å². The van der Waals surface area contributed by atoms with Crippen molar-refractivity contribution in [2.24, 2.45) is 0 Å². The number of nitrogens with zero attached hydrogens (tertiary/aromatic N) is 8. The minimum Gasteiger partial charge on any atom is -0.394 e. The van der Waals surface area contributed by atoms with Crippen LogP contribution >= 0.6 is 23.5 Å². The molecule has 5 aromatic rings. The SMILES string of the molecule is Cc1cn([C@H]2C[C@H](O)[C@@H](COP(=O)(O)O[C@H]3C[C@H](n4cnc5c(=O)[nH]c(N)nc54)O[C@@H]3COP(=O)(O)O[C@H]3C[C@H](n4ccc(N)nc4=O)O[C@@H]3COP(=O)(O)O[C@H]3C[C@H](n4ccc(N)nc4=O)O[C@@H]3CO)O2)c(=O)[nH]c1=O. The molecule has 0 radical (unpaired) electrons. The normalized spacial score (nSPS) is 29.9. The maximum absolute atomic E-state index is 13.9. The molecule has 4 fully saturated rings. The third kappa shape index (κ3) is 12.8. The molecule has 13 N–H and O–H groups in total. The van der Waals surface area contributed by atoms with Crippen molar-refractivity contribution >= 4 is 52.2 Å². The minimum absolute atomic E-state index is 0.0834. The van der Waals surface area contributed by atoms with Gasteiger partial charge in [-0.15, -0.1) is 0 Å². The van der Waals surface area contributed by atoms with Crippen LogP contribution in [0.1, 0.15) is 56.2 Å². The van der Waals surface area contributed by atoms with E-state index in [-0.39, 0.29) is 53.6 Å². The van der Waals surface area contributed by atoms with E-state index in [2.05, 4.69) is 29.9 Å². The number of hydrogen-bond donors (Lipinski definition) is 10. The molecule has 3 unspecified atom stereocenters. The largest absolute Gasteiger partial charge is 0.472 e. The molecule has 9 heterocycles. The molecule has 39 heteroatoms. The second kappa shape index (κ2) is 22.2. The summed E-state index contributed by atoms with van der Waals surface area (Å²) in [4.78, 5) is 115. The van der Waals surface area contributed by atoms with E-state index < -0.39 is 158 Å². The first kappa shape index (κ1) is 56.0. The molecule has 9 rings (SSSR count). The van der Waals surface area contributed by atoms with Crippen LogP contribution < -0.4 is 45.4 Å². The molecular weight excluding hydrogens is 1100 g/mol. The number of ether oxygens (including phenoxy) is 4. The van der Waals surface area contributed by atoms with E-state index >= 15 is 0 Å². The van der Waals surface area contributed by atoms with Crippen molar-refractivity contribution < 1.29 is 84.7 Å². The molecule has 15 atom stereocenters. The number of aliphatic hydroxyl groups excluding tert-OH is 2. The zero-order valence-corrected chi connectivity index (χ0v) is 42.5. The summed E-state index contributed by atoms with van der Waals surface area (Å²) in [5, 5.41) is 20.7. The van der Waals surface area contributed by atoms with Crippen molar-refractivity contribution in [1.82, 2.24) is 48.2 Å². The third-order valence-corrected chi connectivity index (χ3v) is 15.5. The zero-order chi connectivity index (χ0) is 55.3. The van der Waals surface area contributed by atoms with Crippen LogP contribution in [0.25, 0.3) is 11.2 Å². The van der Waals surface area contributed by atoms with Gasteiger partial charge in [-0.2, -0.15) is 15.0 Å². The van der Waals surface area contributed by atoms with Crippen LogP contribution in [0, 0.1) is 6.92 Å². The Balaban J connectivity index is 0.891. The van der Waals surface area contributed by atoms with Gasteiger partial charge < -0.3 is 61.0 Å². The van der Waals surface area contributed by atoms with Crippen molar-refractivity contribution in [3.8, 4) is 0 Å². The molecule has 5 aromatic heterocycles. The molecule has 4 aliphatic rings. The molecular formula is C38H50N13O23P3. The van der Waals surface area contributed by atoms with E-state index in [0.717, 1.165) is 20.0 Å². The number of fused-ring (bicyclic) bond motifs is 1. The molecule has 420 valence electrons. The smallest absolute Gasteiger partial charge is 0.394 e. The Bertz CT molecular complexity index is 3460. The van der Waals surface area contributed by atoms with Gasteiger partial charge in [0.05, 0.1) is 38.9 Å². The number of imidazole rings is 1. The molecule has 4 aliphatic heterocycles. The summed E-state index contributed by atoms with van der Waals surface area (Å²) >= 11 is 0. The maximum Gasteiger partial charge on any atom is 0.472 e. The number of H-pyrrole nitrogens is 2. The van der Waals surface area contributed by atoms with Crippen molar-refractivity contribution in [3.05, 3.63) is 94.8 Å². The van der Waals surface area contributed by atoms with Crippen molar-refractivity contribution in [3.63, 3.8) is 0 Å². The summed E-state index contributed by atoms with van der Waals surface area (Å²) in [5.74, 6) is -0.555. The highest BCUT2D eigenvalue weighted by atomic mass is 31.2. The fourth-order valence-corrected chi connectivity index (χ4v) is 11.7. The molecule has 0 bridgehead atoms. The van der Waals surface area contributed by atoms with E-state index in [0.29, 0.717) is 0 Å². The average Bonchev–Trinajstić information content (AvgIpc) is 4.26. The highest BCUT2D eigenvalue weighted by Crippen LogP contribution is 2.53. The second-order valence-electron chi connectivity index (χ2n) is 17.8. The lowest BCUT2D eigenvalue weighted by Gasteiger charge is -2.25. The number of aryl methyl sites for hydroxylation is 1. The predicted octanol–water partition coefficient (Wildman–Crippen LogP) is -2.75. The first-order valence-corrected chi connectivity index (χ1v) is 27.4. The third-order valence-electron chi connectivity index (χ3n) is 12.5. The van der Waals surface area contributed by atoms with E-state index in [1.54, 1.807) is 0 Å². The van der Waals surface area contributed by atoms with Gasteiger partial charge in [0.2, 0.25) is 5.95 Å². The topological polar surface area (TPSA) is 511 Å². The lowest BCUT2D eigenvalue weighted by Crippen LogP contribution is -2.33. The number of nitrogens with two attached hydrogens (primary N) is 3. The number of aromatic amines is 2. The Morgan fingerprint density at radius 1 is 0.636 bits per heavy atom. The van der Waals surface area contributed by atoms with Crippen molar-refractivity contribution in [1.29, 1.82) is 0 Å². The molecule has 0 spiro atoms. The quantitative estimate of drug-likeness (QED) is 0.0353. The van der Waals surface area contributed by atoms with Crippen LogP contribution in [0.4, 0.5) is 17.6 Å². The maximum atomic E-state index is 13.9.